The molecule has 0 saturated heterocycles. The van der Waals surface area contributed by atoms with Gasteiger partial charge in [0.05, 0.1) is 32.0 Å². The van der Waals surface area contributed by atoms with E-state index in [2.05, 4.69) is 14.3 Å². The zero-order valence-corrected chi connectivity index (χ0v) is 21.9. The van der Waals surface area contributed by atoms with E-state index in [1.807, 2.05) is 0 Å². The number of benzene rings is 1. The van der Waals surface area contributed by atoms with Crippen molar-refractivity contribution in [3.05, 3.63) is 39.6 Å². The molecule has 1 aromatic rings. The molecule has 35 heavy (non-hydrogen) atoms. The van der Waals surface area contributed by atoms with Crippen molar-refractivity contribution in [1.29, 1.82) is 0 Å². The minimum atomic E-state index is -5.10. The Labute approximate surface area is 207 Å². The average Bonchev–Trinajstić information content (AvgIpc) is 2.60. The lowest BCUT2D eigenvalue weighted by molar-refractivity contribution is -0.447. The molecule has 0 spiro atoms. The third-order valence-corrected chi connectivity index (χ3v) is 5.62. The number of carbonyl (C=O) groups is 2. The lowest BCUT2D eigenvalue weighted by atomic mass is 10.0. The van der Waals surface area contributed by atoms with Gasteiger partial charge in [-0.05, 0) is 64.8 Å². The van der Waals surface area contributed by atoms with Crippen LogP contribution in [0.25, 0.3) is 0 Å². The predicted molar refractivity (Wildman–Crippen MR) is 121 cm³/mol. The van der Waals surface area contributed by atoms with Gasteiger partial charge in [0.25, 0.3) is 0 Å². The average molecular weight is 543 g/mol. The largest absolute Gasteiger partial charge is 0.460 e. The van der Waals surface area contributed by atoms with Crippen LogP contribution in [0.15, 0.2) is 28.5 Å². The van der Waals surface area contributed by atoms with E-state index in [0.717, 1.165) is 19.2 Å². The highest BCUT2D eigenvalue weighted by molar-refractivity contribution is 8.14. The summed E-state index contributed by atoms with van der Waals surface area (Å²) >= 11 is -0.356. The van der Waals surface area contributed by atoms with Gasteiger partial charge in [-0.1, -0.05) is 11.1 Å². The van der Waals surface area contributed by atoms with Gasteiger partial charge in [0.2, 0.25) is 4.24 Å². The summed E-state index contributed by atoms with van der Waals surface area (Å²) in [6.07, 6.45) is -3.25. The minimum Gasteiger partial charge on any atom is -0.460 e. The predicted octanol–water partition coefficient (Wildman–Crippen LogP) is 4.39. The van der Waals surface area contributed by atoms with E-state index < -0.39 is 49.3 Å². The molecule has 0 heterocycles. The Kier molecular flexibility index (Phi) is 11.1. The van der Waals surface area contributed by atoms with Gasteiger partial charge >= 0.3 is 28.1 Å². The van der Waals surface area contributed by atoms with Gasteiger partial charge in [0.1, 0.15) is 17.0 Å². The molecule has 198 valence electrons. The normalized spacial score (nSPS) is 12.1. The van der Waals surface area contributed by atoms with Crippen LogP contribution in [0.1, 0.15) is 52.7 Å². The van der Waals surface area contributed by atoms with Gasteiger partial charge in [-0.15, -0.1) is 4.33 Å². The Morgan fingerprint density at radius 3 is 1.71 bits per heavy atom. The van der Waals surface area contributed by atoms with E-state index >= 15 is 0 Å². The van der Waals surface area contributed by atoms with Crippen LogP contribution in [0.5, 0.6) is 5.75 Å². The first kappa shape index (κ1) is 30.8. The van der Waals surface area contributed by atoms with Crippen molar-refractivity contribution >= 4 is 34.1 Å². The molecule has 0 atom stereocenters. The van der Waals surface area contributed by atoms with Gasteiger partial charge in [0.15, 0.2) is 0 Å². The van der Waals surface area contributed by atoms with Gasteiger partial charge in [0, 0.05) is 0 Å². The number of hydrogen-bond acceptors (Lipinski definition) is 11. The Morgan fingerprint density at radius 2 is 1.34 bits per heavy atom. The summed E-state index contributed by atoms with van der Waals surface area (Å²) in [7, 11) is -4.10. The number of ether oxygens (including phenoxy) is 2. The van der Waals surface area contributed by atoms with E-state index in [1.54, 1.807) is 41.5 Å². The van der Waals surface area contributed by atoms with E-state index in [9.17, 15) is 26.8 Å². The van der Waals surface area contributed by atoms with Crippen LogP contribution >= 0.6 is 12.0 Å². The lowest BCUT2D eigenvalue weighted by Gasteiger charge is -2.20. The Morgan fingerprint density at radius 1 is 0.886 bits per heavy atom. The molecule has 1 aromatic carbocycles. The van der Waals surface area contributed by atoms with Crippen LogP contribution in [0.3, 0.4) is 0 Å². The molecule has 0 aliphatic heterocycles. The van der Waals surface area contributed by atoms with Crippen LogP contribution in [0, 0.1) is 0 Å². The fourth-order valence-electron chi connectivity index (χ4n) is 2.47. The Hall–Kier alpha value is -2.26. The molecule has 1 rings (SSSR count). The molecular formula is C21H28F2O10S2. The van der Waals surface area contributed by atoms with Gasteiger partial charge in [-0.2, -0.15) is 17.2 Å². The first-order valence-corrected chi connectivity index (χ1v) is 12.2. The first-order chi connectivity index (χ1) is 15.9. The zero-order valence-electron chi connectivity index (χ0n) is 20.3. The smallest absolute Gasteiger partial charge is 0.353 e. The van der Waals surface area contributed by atoms with Crippen molar-refractivity contribution in [3.63, 3.8) is 0 Å². The highest BCUT2D eigenvalue weighted by Gasteiger charge is 2.29. The SMILES string of the molecule is COOOSC(=C(F)F)S(=O)(=O)Oc1cc(CC(=O)OC(C)(C)C)cc(CC(=O)OC(C)(C)C)c1. The summed E-state index contributed by atoms with van der Waals surface area (Å²) < 4.78 is 69.3. The van der Waals surface area contributed by atoms with Crippen LogP contribution in [-0.2, 0) is 56.3 Å². The monoisotopic (exact) mass is 542 g/mol. The van der Waals surface area contributed by atoms with Crippen molar-refractivity contribution < 1.29 is 54.7 Å². The fourth-order valence-corrected chi connectivity index (χ4v) is 3.82. The number of esters is 2. The number of carbonyl (C=O) groups excluding carboxylic acids is 2. The van der Waals surface area contributed by atoms with Gasteiger partial charge < -0.3 is 13.7 Å². The fraction of sp³-hybridized carbons (Fsp3) is 0.524. The van der Waals surface area contributed by atoms with Crippen molar-refractivity contribution in [2.45, 2.75) is 65.6 Å². The van der Waals surface area contributed by atoms with E-state index in [-0.39, 0.29) is 36.0 Å². The van der Waals surface area contributed by atoms with E-state index in [1.165, 1.54) is 6.07 Å². The van der Waals surface area contributed by atoms with E-state index in [4.69, 9.17) is 13.7 Å². The summed E-state index contributed by atoms with van der Waals surface area (Å²) in [6, 6.07) is 3.74. The molecule has 0 fully saturated rings. The molecule has 0 radical (unpaired) electrons. The number of halogens is 2. The molecule has 0 saturated carbocycles. The third-order valence-electron chi connectivity index (χ3n) is 3.36. The summed E-state index contributed by atoms with van der Waals surface area (Å²) in [6.45, 7) is 9.98. The lowest BCUT2D eigenvalue weighted by Crippen LogP contribution is -2.25. The molecule has 14 heteroatoms. The number of rotatable bonds is 11. The van der Waals surface area contributed by atoms with Crippen LogP contribution in [0.2, 0.25) is 0 Å². The van der Waals surface area contributed by atoms with Gasteiger partial charge in [-0.25, -0.2) is 4.89 Å². The van der Waals surface area contributed by atoms with E-state index in [0.29, 0.717) is 0 Å². The highest BCUT2D eigenvalue weighted by atomic mass is 32.3. The minimum absolute atomic E-state index is 0.211. The summed E-state index contributed by atoms with van der Waals surface area (Å²) in [5.74, 6) is -1.72. The van der Waals surface area contributed by atoms with Crippen LogP contribution < -0.4 is 4.18 Å². The molecule has 10 nitrogen and oxygen atoms in total. The molecule has 0 aromatic heterocycles. The quantitative estimate of drug-likeness (QED) is 0.0988. The molecule has 0 bridgehead atoms. The molecular weight excluding hydrogens is 514 g/mol. The zero-order chi connectivity index (χ0) is 27.0. The molecule has 0 aliphatic rings. The molecule has 0 aliphatic carbocycles. The van der Waals surface area contributed by atoms with Crippen molar-refractivity contribution in [2.75, 3.05) is 7.11 Å². The third kappa shape index (κ3) is 12.3. The molecule has 0 N–H and O–H groups in total. The van der Waals surface area contributed by atoms with Crippen LogP contribution in [0.4, 0.5) is 8.78 Å². The second-order valence-electron chi connectivity index (χ2n) is 8.98. The van der Waals surface area contributed by atoms with Crippen molar-refractivity contribution in [3.8, 4) is 5.75 Å². The Balaban J connectivity index is 3.31. The highest BCUT2D eigenvalue weighted by Crippen LogP contribution is 2.32. The van der Waals surface area contributed by atoms with Crippen molar-refractivity contribution in [2.24, 2.45) is 0 Å². The molecule has 0 amide bonds. The topological polar surface area (TPSA) is 124 Å². The maximum absolute atomic E-state index is 13.2. The summed E-state index contributed by atoms with van der Waals surface area (Å²) in [5.41, 5.74) is -1.15. The second kappa shape index (κ2) is 12.6. The number of hydrogen-bond donors (Lipinski definition) is 0. The first-order valence-electron chi connectivity index (χ1n) is 10.0. The standard InChI is InChI=1S/C21H28F2O10S2/c1-20(2,3)29-16(24)11-13-8-14(12-17(25)30-21(4,5)6)10-15(9-13)31-35(26,27)19(18(22)23)34-33-32-28-7/h8-10H,11-12H2,1-7H3. The van der Waals surface area contributed by atoms with Crippen LogP contribution in [-0.4, -0.2) is 38.7 Å². The second-order valence-corrected chi connectivity index (χ2v) is 11.4. The van der Waals surface area contributed by atoms with Crippen molar-refractivity contribution in [1.82, 2.24) is 0 Å². The maximum Gasteiger partial charge on any atom is 0.353 e. The summed E-state index contributed by atoms with van der Waals surface area (Å²) in [5, 5.41) is 3.94. The molecule has 0 unspecified atom stereocenters. The van der Waals surface area contributed by atoms with Gasteiger partial charge in [-0.3, -0.25) is 9.59 Å². The maximum atomic E-state index is 13.2. The Bertz CT molecular complexity index is 989. The summed E-state index contributed by atoms with van der Waals surface area (Å²) in [4.78, 5) is 28.6.